The number of aromatic nitrogens is 3. The lowest BCUT2D eigenvalue weighted by molar-refractivity contribution is -0.153. The van der Waals surface area contributed by atoms with E-state index in [1.807, 2.05) is 12.1 Å². The minimum absolute atomic E-state index is 0.0137. The van der Waals surface area contributed by atoms with Crippen LogP contribution in [0.5, 0.6) is 0 Å². The Hall–Kier alpha value is -2.81. The van der Waals surface area contributed by atoms with Crippen molar-refractivity contribution in [2.24, 2.45) is 5.41 Å². The molecule has 1 aliphatic carbocycles. The van der Waals surface area contributed by atoms with Crippen LogP contribution in [0.1, 0.15) is 57.3 Å². The molecule has 5 rings (SSSR count). The summed E-state index contributed by atoms with van der Waals surface area (Å²) in [6, 6.07) is 3.86. The second kappa shape index (κ2) is 9.82. The van der Waals surface area contributed by atoms with Crippen molar-refractivity contribution in [1.82, 2.24) is 25.0 Å². The molecule has 34 heavy (non-hydrogen) atoms. The van der Waals surface area contributed by atoms with Gasteiger partial charge in [0.15, 0.2) is 0 Å². The molecule has 3 aliphatic rings. The lowest BCUT2D eigenvalue weighted by Crippen LogP contribution is -2.48. The third kappa shape index (κ3) is 4.85. The first-order valence-corrected chi connectivity index (χ1v) is 12.6. The molecule has 1 spiro atoms. The zero-order chi connectivity index (χ0) is 23.5. The Balaban J connectivity index is 1.07. The van der Waals surface area contributed by atoms with Crippen molar-refractivity contribution in [3.8, 4) is 11.5 Å². The largest absolute Gasteiger partial charge is 0.421 e. The standard InChI is InChI=1S/C25H34N6O3/c1-19-27-28-24(34-19)20-7-6-10-26-23(20)30-15-13-29(14-16-30)11-4-5-12-31-21(32)17-25(18-22(31)33)8-2-3-9-25/h6-7,10H,2-5,8-9,11-18H2,1H3. The molecule has 0 unspecified atom stereocenters. The van der Waals surface area contributed by atoms with Crippen LogP contribution in [0.4, 0.5) is 5.82 Å². The van der Waals surface area contributed by atoms with Gasteiger partial charge in [0.2, 0.25) is 17.7 Å². The van der Waals surface area contributed by atoms with E-state index in [0.717, 1.165) is 82.6 Å². The fourth-order valence-electron chi connectivity index (χ4n) is 5.77. The van der Waals surface area contributed by atoms with Gasteiger partial charge in [-0.2, -0.15) is 0 Å². The summed E-state index contributed by atoms with van der Waals surface area (Å²) in [5.41, 5.74) is 0.854. The monoisotopic (exact) mass is 466 g/mol. The molecule has 2 aromatic rings. The number of piperidine rings is 1. The zero-order valence-corrected chi connectivity index (χ0v) is 20.0. The highest BCUT2D eigenvalue weighted by Crippen LogP contribution is 2.46. The maximum Gasteiger partial charge on any atom is 0.251 e. The molecule has 2 aliphatic heterocycles. The SMILES string of the molecule is Cc1nnc(-c2cccnc2N2CCN(CCCCN3C(=O)CC4(CCCC4)CC3=O)CC2)o1. The molecule has 0 atom stereocenters. The van der Waals surface area contributed by atoms with Crippen molar-refractivity contribution >= 4 is 17.6 Å². The van der Waals surface area contributed by atoms with E-state index in [-0.39, 0.29) is 17.2 Å². The Labute approximate surface area is 200 Å². The summed E-state index contributed by atoms with van der Waals surface area (Å²) in [5.74, 6) is 2.03. The summed E-state index contributed by atoms with van der Waals surface area (Å²) in [6.45, 7) is 6.98. The van der Waals surface area contributed by atoms with Gasteiger partial charge in [0.1, 0.15) is 5.82 Å². The highest BCUT2D eigenvalue weighted by molar-refractivity contribution is 5.98. The van der Waals surface area contributed by atoms with Crippen LogP contribution in [-0.2, 0) is 9.59 Å². The smallest absolute Gasteiger partial charge is 0.251 e. The summed E-state index contributed by atoms with van der Waals surface area (Å²) in [6.07, 6.45) is 9.19. The van der Waals surface area contributed by atoms with Gasteiger partial charge in [-0.1, -0.05) is 12.8 Å². The van der Waals surface area contributed by atoms with Gasteiger partial charge in [0.25, 0.3) is 5.89 Å². The number of rotatable bonds is 7. The molecule has 182 valence electrons. The maximum absolute atomic E-state index is 12.6. The molecule has 1 saturated carbocycles. The van der Waals surface area contributed by atoms with E-state index in [1.54, 1.807) is 13.1 Å². The number of carbonyl (C=O) groups excluding carboxylic acids is 2. The molecule has 9 nitrogen and oxygen atoms in total. The number of hydrogen-bond donors (Lipinski definition) is 0. The molecule has 9 heteroatoms. The van der Waals surface area contributed by atoms with Crippen molar-refractivity contribution in [1.29, 1.82) is 0 Å². The van der Waals surface area contributed by atoms with Crippen LogP contribution in [-0.4, -0.2) is 76.1 Å². The second-order valence-corrected chi connectivity index (χ2v) is 10.0. The van der Waals surface area contributed by atoms with E-state index < -0.39 is 0 Å². The summed E-state index contributed by atoms with van der Waals surface area (Å²) < 4.78 is 5.63. The van der Waals surface area contributed by atoms with Crippen LogP contribution >= 0.6 is 0 Å². The third-order valence-electron chi connectivity index (χ3n) is 7.64. The number of aryl methyl sites for hydroxylation is 1. The van der Waals surface area contributed by atoms with Crippen LogP contribution in [0.15, 0.2) is 22.7 Å². The molecule has 0 bridgehead atoms. The topological polar surface area (TPSA) is 95.7 Å². The molecular weight excluding hydrogens is 432 g/mol. The van der Waals surface area contributed by atoms with Gasteiger partial charge in [-0.3, -0.25) is 19.4 Å². The number of anilines is 1. The number of likely N-dealkylation sites (tertiary alicyclic amines) is 1. The number of imide groups is 1. The molecule has 3 fully saturated rings. The van der Waals surface area contributed by atoms with Crippen LogP contribution in [0.2, 0.25) is 0 Å². The fraction of sp³-hybridized carbons (Fsp3) is 0.640. The van der Waals surface area contributed by atoms with Gasteiger partial charge >= 0.3 is 0 Å². The van der Waals surface area contributed by atoms with Crippen molar-refractivity contribution in [2.75, 3.05) is 44.2 Å². The van der Waals surface area contributed by atoms with Crippen LogP contribution in [0.3, 0.4) is 0 Å². The van der Waals surface area contributed by atoms with Gasteiger partial charge in [-0.15, -0.1) is 10.2 Å². The third-order valence-corrected chi connectivity index (χ3v) is 7.64. The van der Waals surface area contributed by atoms with Crippen molar-refractivity contribution < 1.29 is 14.0 Å². The second-order valence-electron chi connectivity index (χ2n) is 10.0. The van der Waals surface area contributed by atoms with E-state index >= 15 is 0 Å². The molecule has 4 heterocycles. The number of hydrogen-bond acceptors (Lipinski definition) is 8. The first kappa shape index (κ1) is 23.0. The van der Waals surface area contributed by atoms with E-state index in [4.69, 9.17) is 4.42 Å². The minimum atomic E-state index is -0.0137. The highest BCUT2D eigenvalue weighted by atomic mass is 16.4. The maximum atomic E-state index is 12.6. The number of carbonyl (C=O) groups is 2. The molecule has 2 amide bonds. The molecule has 0 radical (unpaired) electrons. The first-order valence-electron chi connectivity index (χ1n) is 12.6. The highest BCUT2D eigenvalue weighted by Gasteiger charge is 2.44. The van der Waals surface area contributed by atoms with Crippen LogP contribution < -0.4 is 4.90 Å². The Bertz CT molecular complexity index is 1000. The lowest BCUT2D eigenvalue weighted by atomic mass is 9.76. The normalized spacial score (nSPS) is 21.1. The fourth-order valence-corrected chi connectivity index (χ4v) is 5.77. The molecule has 0 aromatic carbocycles. The lowest BCUT2D eigenvalue weighted by Gasteiger charge is -2.37. The van der Waals surface area contributed by atoms with Crippen LogP contribution in [0.25, 0.3) is 11.5 Å². The van der Waals surface area contributed by atoms with Crippen LogP contribution in [0, 0.1) is 12.3 Å². The number of nitrogens with zero attached hydrogens (tertiary/aromatic N) is 6. The average molecular weight is 467 g/mol. The van der Waals surface area contributed by atoms with E-state index in [1.165, 1.54) is 4.90 Å². The molecule has 2 aromatic heterocycles. The molecular formula is C25H34N6O3. The minimum Gasteiger partial charge on any atom is -0.421 e. The summed E-state index contributed by atoms with van der Waals surface area (Å²) in [7, 11) is 0. The van der Waals surface area contributed by atoms with Gasteiger partial charge in [0, 0.05) is 58.7 Å². The number of amides is 2. The Morgan fingerprint density at radius 2 is 1.68 bits per heavy atom. The van der Waals surface area contributed by atoms with Crippen molar-refractivity contribution in [2.45, 2.75) is 58.3 Å². The number of piperazine rings is 1. The van der Waals surface area contributed by atoms with Crippen molar-refractivity contribution in [3.05, 3.63) is 24.2 Å². The molecule has 0 N–H and O–H groups in total. The Morgan fingerprint density at radius 3 is 2.35 bits per heavy atom. The predicted octanol–water partition coefficient (Wildman–Crippen LogP) is 3.05. The number of unbranched alkanes of at least 4 members (excludes halogenated alkanes) is 1. The van der Waals surface area contributed by atoms with Gasteiger partial charge in [0.05, 0.1) is 5.56 Å². The zero-order valence-electron chi connectivity index (χ0n) is 20.0. The Morgan fingerprint density at radius 1 is 0.971 bits per heavy atom. The van der Waals surface area contributed by atoms with E-state index in [9.17, 15) is 9.59 Å². The predicted molar refractivity (Wildman–Crippen MR) is 127 cm³/mol. The van der Waals surface area contributed by atoms with Crippen molar-refractivity contribution in [3.63, 3.8) is 0 Å². The summed E-state index contributed by atoms with van der Waals surface area (Å²) in [5, 5.41) is 8.11. The van der Waals surface area contributed by atoms with E-state index in [0.29, 0.717) is 31.2 Å². The van der Waals surface area contributed by atoms with Gasteiger partial charge < -0.3 is 9.32 Å². The quantitative estimate of drug-likeness (QED) is 0.454. The summed E-state index contributed by atoms with van der Waals surface area (Å²) >= 11 is 0. The van der Waals surface area contributed by atoms with E-state index in [2.05, 4.69) is 25.0 Å². The first-order chi connectivity index (χ1) is 16.5. The molecule has 2 saturated heterocycles. The number of pyridine rings is 1. The average Bonchev–Trinajstić information content (AvgIpc) is 3.47. The Kier molecular flexibility index (Phi) is 6.63. The van der Waals surface area contributed by atoms with Gasteiger partial charge in [-0.25, -0.2) is 4.98 Å². The van der Waals surface area contributed by atoms with Gasteiger partial charge in [-0.05, 0) is 49.8 Å². The summed E-state index contributed by atoms with van der Waals surface area (Å²) in [4.78, 5) is 36.1.